The van der Waals surface area contributed by atoms with E-state index in [2.05, 4.69) is 0 Å². The number of carbonyl (C=O) groups excluding carboxylic acids is 1. The van der Waals surface area contributed by atoms with Gasteiger partial charge in [-0.25, -0.2) is 4.79 Å². The van der Waals surface area contributed by atoms with E-state index in [-0.39, 0.29) is 12.0 Å². The molecule has 1 rings (SSSR count). The number of hydrogen-bond acceptors (Lipinski definition) is 6. The van der Waals surface area contributed by atoms with Crippen molar-refractivity contribution in [2.45, 2.75) is 26.4 Å². The van der Waals surface area contributed by atoms with Crippen LogP contribution in [-0.4, -0.2) is 22.6 Å². The molecule has 0 saturated heterocycles. The summed E-state index contributed by atoms with van der Waals surface area (Å²) >= 11 is 1.18. The van der Waals surface area contributed by atoms with Gasteiger partial charge in [-0.05, 0) is 26.8 Å². The van der Waals surface area contributed by atoms with Crippen LogP contribution in [0.3, 0.4) is 0 Å². The third-order valence-corrected chi connectivity index (χ3v) is 2.51. The van der Waals surface area contributed by atoms with Gasteiger partial charge in [-0.2, -0.15) is 0 Å². The van der Waals surface area contributed by atoms with Crippen LogP contribution < -0.4 is 11.6 Å². The van der Waals surface area contributed by atoms with E-state index in [1.165, 1.54) is 17.4 Å². The Bertz CT molecular complexity index is 409. The summed E-state index contributed by atoms with van der Waals surface area (Å²) in [5, 5.41) is 17.4. The van der Waals surface area contributed by atoms with Crippen molar-refractivity contribution in [2.75, 3.05) is 0 Å². The molecule has 96 valence electrons. The quantitative estimate of drug-likeness (QED) is 0.281. The summed E-state index contributed by atoms with van der Waals surface area (Å²) in [6.07, 6.45) is 0. The minimum atomic E-state index is -0.538. The topological polar surface area (TPSA) is 117 Å². The lowest BCUT2D eigenvalue weighted by Gasteiger charge is -2.18. The number of rotatable bonds is 2. The van der Waals surface area contributed by atoms with Crippen LogP contribution in [0.4, 0.5) is 0 Å². The minimum absolute atomic E-state index is 0. The van der Waals surface area contributed by atoms with Gasteiger partial charge in [0.2, 0.25) is 0 Å². The SMILES string of the molecule is CC(C)(C)OC(=O)c1cc(C(=N)NO)cs1.N. The first-order valence-corrected chi connectivity index (χ1v) is 5.52. The number of hydroxylamine groups is 1. The highest BCUT2D eigenvalue weighted by Crippen LogP contribution is 2.18. The Balaban J connectivity index is 0.00000256. The van der Waals surface area contributed by atoms with Gasteiger partial charge >= 0.3 is 5.97 Å². The van der Waals surface area contributed by atoms with Gasteiger partial charge in [-0.3, -0.25) is 16.1 Å². The second kappa shape index (κ2) is 5.76. The number of hydrogen-bond donors (Lipinski definition) is 4. The van der Waals surface area contributed by atoms with Gasteiger partial charge in [0.25, 0.3) is 0 Å². The van der Waals surface area contributed by atoms with Gasteiger partial charge in [-0.1, -0.05) is 0 Å². The van der Waals surface area contributed by atoms with Crippen molar-refractivity contribution >= 4 is 23.1 Å². The summed E-state index contributed by atoms with van der Waals surface area (Å²) in [6, 6.07) is 1.50. The molecule has 6 N–H and O–H groups in total. The van der Waals surface area contributed by atoms with E-state index in [0.29, 0.717) is 10.4 Å². The number of ether oxygens (including phenoxy) is 1. The lowest BCUT2D eigenvalue weighted by atomic mass is 10.2. The first-order valence-electron chi connectivity index (χ1n) is 4.64. The van der Waals surface area contributed by atoms with E-state index in [4.69, 9.17) is 15.4 Å². The second-order valence-electron chi connectivity index (χ2n) is 4.19. The predicted molar refractivity (Wildman–Crippen MR) is 66.3 cm³/mol. The van der Waals surface area contributed by atoms with Gasteiger partial charge in [-0.15, -0.1) is 11.3 Å². The van der Waals surface area contributed by atoms with Crippen molar-refractivity contribution in [3.05, 3.63) is 21.9 Å². The fourth-order valence-corrected chi connectivity index (χ4v) is 1.74. The molecule has 0 radical (unpaired) electrons. The zero-order chi connectivity index (χ0) is 12.3. The summed E-state index contributed by atoms with van der Waals surface area (Å²) in [6.45, 7) is 5.37. The number of amidine groups is 1. The standard InChI is InChI=1S/C10H14N2O3S.H3N/c1-10(2,3)15-9(13)7-4-6(5-16-7)8(11)12-14;/h4-5,14H,1-3H3,(H2,11,12);1H3. The molecule has 0 spiro atoms. The predicted octanol–water partition coefficient (Wildman–Crippen LogP) is 2.17. The van der Waals surface area contributed by atoms with Crippen LogP contribution >= 0.6 is 11.3 Å². The van der Waals surface area contributed by atoms with Gasteiger partial charge in [0.05, 0.1) is 0 Å². The summed E-state index contributed by atoms with van der Waals surface area (Å²) in [4.78, 5) is 12.0. The highest BCUT2D eigenvalue weighted by Gasteiger charge is 2.19. The number of nitrogens with one attached hydrogen (secondary N) is 2. The Morgan fingerprint density at radius 3 is 2.59 bits per heavy atom. The van der Waals surface area contributed by atoms with Crippen LogP contribution in [0, 0.1) is 5.41 Å². The van der Waals surface area contributed by atoms with Crippen molar-refractivity contribution in [3.63, 3.8) is 0 Å². The van der Waals surface area contributed by atoms with Crippen molar-refractivity contribution in [2.24, 2.45) is 0 Å². The van der Waals surface area contributed by atoms with Gasteiger partial charge in [0.1, 0.15) is 16.3 Å². The Labute approximate surface area is 104 Å². The highest BCUT2D eigenvalue weighted by molar-refractivity contribution is 7.12. The van der Waals surface area contributed by atoms with Gasteiger partial charge < -0.3 is 10.9 Å². The van der Waals surface area contributed by atoms with Crippen molar-refractivity contribution in [1.82, 2.24) is 11.6 Å². The summed E-state index contributed by atoms with van der Waals surface area (Å²) in [7, 11) is 0. The normalized spacial score (nSPS) is 10.4. The van der Waals surface area contributed by atoms with Gasteiger partial charge in [0.15, 0.2) is 0 Å². The van der Waals surface area contributed by atoms with Crippen molar-refractivity contribution in [3.8, 4) is 0 Å². The maximum absolute atomic E-state index is 11.6. The molecule has 1 aromatic rings. The number of thiophene rings is 1. The molecular weight excluding hydrogens is 242 g/mol. The zero-order valence-corrected chi connectivity index (χ0v) is 10.9. The van der Waals surface area contributed by atoms with Crippen LogP contribution in [0.5, 0.6) is 0 Å². The van der Waals surface area contributed by atoms with Gasteiger partial charge in [0, 0.05) is 10.9 Å². The molecule has 0 bridgehead atoms. The zero-order valence-electron chi connectivity index (χ0n) is 10.0. The lowest BCUT2D eigenvalue weighted by Crippen LogP contribution is -2.23. The fourth-order valence-electron chi connectivity index (χ4n) is 0.967. The first-order chi connectivity index (χ1) is 7.33. The van der Waals surface area contributed by atoms with E-state index in [1.54, 1.807) is 31.6 Å². The molecule has 0 amide bonds. The monoisotopic (exact) mass is 259 g/mol. The van der Waals surface area contributed by atoms with E-state index in [9.17, 15) is 4.79 Å². The maximum atomic E-state index is 11.6. The van der Waals surface area contributed by atoms with Crippen LogP contribution in [0.15, 0.2) is 11.4 Å². The fraction of sp³-hybridized carbons (Fsp3) is 0.400. The van der Waals surface area contributed by atoms with Crippen LogP contribution in [0.1, 0.15) is 36.0 Å². The second-order valence-corrected chi connectivity index (χ2v) is 5.10. The smallest absolute Gasteiger partial charge is 0.348 e. The molecule has 0 aliphatic heterocycles. The molecule has 0 aliphatic rings. The molecule has 0 aromatic carbocycles. The summed E-state index contributed by atoms with van der Waals surface area (Å²) in [5.74, 6) is -0.569. The van der Waals surface area contributed by atoms with Crippen molar-refractivity contribution < 1.29 is 14.7 Å². The number of esters is 1. The molecule has 0 unspecified atom stereocenters. The summed E-state index contributed by atoms with van der Waals surface area (Å²) in [5.41, 5.74) is 1.63. The third-order valence-electron chi connectivity index (χ3n) is 1.60. The average Bonchev–Trinajstić information content (AvgIpc) is 2.62. The molecular formula is C10H17N3O3S. The first kappa shape index (κ1) is 15.6. The molecule has 6 nitrogen and oxygen atoms in total. The van der Waals surface area contributed by atoms with Crippen LogP contribution in [0.2, 0.25) is 0 Å². The van der Waals surface area contributed by atoms with E-state index < -0.39 is 11.6 Å². The molecule has 1 heterocycles. The average molecular weight is 259 g/mol. The van der Waals surface area contributed by atoms with Crippen LogP contribution in [-0.2, 0) is 4.74 Å². The third kappa shape index (κ3) is 4.51. The molecule has 1 aromatic heterocycles. The largest absolute Gasteiger partial charge is 0.456 e. The lowest BCUT2D eigenvalue weighted by molar-refractivity contribution is 0.00752. The van der Waals surface area contributed by atoms with Crippen LogP contribution in [0.25, 0.3) is 0 Å². The van der Waals surface area contributed by atoms with E-state index in [1.807, 2.05) is 0 Å². The Morgan fingerprint density at radius 1 is 1.53 bits per heavy atom. The molecule has 0 atom stereocenters. The maximum Gasteiger partial charge on any atom is 0.348 e. The van der Waals surface area contributed by atoms with E-state index in [0.717, 1.165) is 0 Å². The molecule has 7 heteroatoms. The Kier molecular flexibility index (Phi) is 5.27. The Morgan fingerprint density at radius 2 is 2.12 bits per heavy atom. The van der Waals surface area contributed by atoms with Crippen molar-refractivity contribution in [1.29, 1.82) is 5.41 Å². The molecule has 0 saturated carbocycles. The van der Waals surface area contributed by atoms with E-state index >= 15 is 0 Å². The minimum Gasteiger partial charge on any atom is -0.456 e. The molecule has 17 heavy (non-hydrogen) atoms. The number of carbonyl (C=O) groups is 1. The highest BCUT2D eigenvalue weighted by atomic mass is 32.1. The Hall–Kier alpha value is -1.44. The molecule has 0 fully saturated rings. The summed E-state index contributed by atoms with van der Waals surface area (Å²) < 4.78 is 5.17. The molecule has 0 aliphatic carbocycles.